The van der Waals surface area contributed by atoms with E-state index in [4.69, 9.17) is 0 Å². The van der Waals surface area contributed by atoms with Gasteiger partial charge in [0, 0.05) is 31.1 Å². The zero-order chi connectivity index (χ0) is 18.4. The monoisotopic (exact) mass is 342 g/mol. The van der Waals surface area contributed by atoms with Gasteiger partial charge in [-0.3, -0.25) is 14.4 Å². The van der Waals surface area contributed by atoms with Crippen LogP contribution in [0.25, 0.3) is 0 Å². The first-order chi connectivity index (χ1) is 11.9. The average molecular weight is 342 g/mol. The van der Waals surface area contributed by atoms with Gasteiger partial charge >= 0.3 is 0 Å². The standard InChI is InChI=1S/C19H19FN2O3/c1-13(23)15-6-5-7-16(12-15)21-19(25)10-11-22(14(2)24)18-9-4-3-8-17(18)20/h3-9,12H,10-11H2,1-2H3,(H,21,25). The number of rotatable bonds is 6. The maximum atomic E-state index is 13.9. The van der Waals surface area contributed by atoms with Gasteiger partial charge < -0.3 is 10.2 Å². The number of carbonyl (C=O) groups excluding carboxylic acids is 3. The van der Waals surface area contributed by atoms with Crippen LogP contribution in [-0.2, 0) is 9.59 Å². The first-order valence-electron chi connectivity index (χ1n) is 7.82. The fraction of sp³-hybridized carbons (Fsp3) is 0.211. The van der Waals surface area contributed by atoms with Gasteiger partial charge in [0.25, 0.3) is 0 Å². The molecule has 0 heterocycles. The van der Waals surface area contributed by atoms with E-state index in [9.17, 15) is 18.8 Å². The second-order valence-corrected chi connectivity index (χ2v) is 5.56. The minimum absolute atomic E-state index is 0.00177. The van der Waals surface area contributed by atoms with Crippen LogP contribution in [0.5, 0.6) is 0 Å². The van der Waals surface area contributed by atoms with E-state index in [0.717, 1.165) is 0 Å². The summed E-state index contributed by atoms with van der Waals surface area (Å²) < 4.78 is 13.9. The topological polar surface area (TPSA) is 66.5 Å². The fourth-order valence-electron chi connectivity index (χ4n) is 2.37. The van der Waals surface area contributed by atoms with Crippen LogP contribution in [-0.4, -0.2) is 24.1 Å². The first kappa shape index (κ1) is 18.3. The van der Waals surface area contributed by atoms with Crippen LogP contribution in [0.2, 0.25) is 0 Å². The number of halogens is 1. The highest BCUT2D eigenvalue weighted by molar-refractivity contribution is 5.97. The molecule has 0 aliphatic rings. The summed E-state index contributed by atoms with van der Waals surface area (Å²) in [6.45, 7) is 2.81. The van der Waals surface area contributed by atoms with Crippen molar-refractivity contribution in [2.24, 2.45) is 0 Å². The number of benzene rings is 2. The van der Waals surface area contributed by atoms with Gasteiger partial charge in [0.1, 0.15) is 5.82 Å². The number of carbonyl (C=O) groups is 3. The SMILES string of the molecule is CC(=O)c1cccc(NC(=O)CCN(C(C)=O)c2ccccc2F)c1. The molecule has 2 aromatic carbocycles. The Labute approximate surface area is 145 Å². The van der Waals surface area contributed by atoms with Gasteiger partial charge in [-0.2, -0.15) is 0 Å². The van der Waals surface area contributed by atoms with E-state index < -0.39 is 5.82 Å². The van der Waals surface area contributed by atoms with Crippen molar-refractivity contribution < 1.29 is 18.8 Å². The molecular formula is C19H19FN2O3. The molecule has 1 N–H and O–H groups in total. The molecule has 2 rings (SSSR count). The van der Waals surface area contributed by atoms with Crippen LogP contribution in [0.1, 0.15) is 30.6 Å². The highest BCUT2D eigenvalue weighted by Crippen LogP contribution is 2.19. The van der Waals surface area contributed by atoms with Crippen molar-refractivity contribution in [3.63, 3.8) is 0 Å². The Morgan fingerprint density at radius 2 is 1.76 bits per heavy atom. The highest BCUT2D eigenvalue weighted by Gasteiger charge is 2.16. The molecule has 0 aliphatic heterocycles. The van der Waals surface area contributed by atoms with E-state index in [1.54, 1.807) is 30.3 Å². The Bertz CT molecular complexity index is 805. The number of amides is 2. The summed E-state index contributed by atoms with van der Waals surface area (Å²) in [6.07, 6.45) is -0.00177. The predicted molar refractivity (Wildman–Crippen MR) is 94.1 cm³/mol. The first-order valence-corrected chi connectivity index (χ1v) is 7.82. The lowest BCUT2D eigenvalue weighted by atomic mass is 10.1. The quantitative estimate of drug-likeness (QED) is 0.818. The molecule has 0 spiro atoms. The molecule has 0 saturated carbocycles. The molecule has 0 fully saturated rings. The minimum atomic E-state index is -0.521. The molecule has 2 aromatic rings. The van der Waals surface area contributed by atoms with Crippen LogP contribution in [0.15, 0.2) is 48.5 Å². The van der Waals surface area contributed by atoms with Gasteiger partial charge in [0.15, 0.2) is 5.78 Å². The third kappa shape index (κ3) is 4.97. The Morgan fingerprint density at radius 3 is 2.40 bits per heavy atom. The highest BCUT2D eigenvalue weighted by atomic mass is 19.1. The van der Waals surface area contributed by atoms with E-state index in [2.05, 4.69) is 5.32 Å². The lowest BCUT2D eigenvalue weighted by molar-refractivity contribution is -0.117. The molecule has 0 saturated heterocycles. The third-order valence-electron chi connectivity index (χ3n) is 3.64. The zero-order valence-electron chi connectivity index (χ0n) is 14.1. The molecule has 0 atom stereocenters. The Morgan fingerprint density at radius 1 is 1.04 bits per heavy atom. The van der Waals surface area contributed by atoms with Crippen molar-refractivity contribution in [2.45, 2.75) is 20.3 Å². The number of hydrogen-bond donors (Lipinski definition) is 1. The van der Waals surface area contributed by atoms with Crippen molar-refractivity contribution in [3.8, 4) is 0 Å². The molecule has 6 heteroatoms. The van der Waals surface area contributed by atoms with E-state index in [0.29, 0.717) is 11.3 Å². The summed E-state index contributed by atoms with van der Waals surface area (Å²) in [5, 5.41) is 2.67. The van der Waals surface area contributed by atoms with E-state index in [1.807, 2.05) is 0 Å². The number of hydrogen-bond acceptors (Lipinski definition) is 3. The fourth-order valence-corrected chi connectivity index (χ4v) is 2.37. The van der Waals surface area contributed by atoms with Gasteiger partial charge in [-0.25, -0.2) is 4.39 Å². The smallest absolute Gasteiger partial charge is 0.226 e. The van der Waals surface area contributed by atoms with Crippen LogP contribution in [0.3, 0.4) is 0 Å². The maximum absolute atomic E-state index is 13.9. The van der Waals surface area contributed by atoms with Crippen molar-refractivity contribution in [3.05, 3.63) is 59.9 Å². The molecule has 5 nitrogen and oxygen atoms in total. The van der Waals surface area contributed by atoms with Gasteiger partial charge in [0.05, 0.1) is 5.69 Å². The Balaban J connectivity index is 2.02. The molecular weight excluding hydrogens is 323 g/mol. The normalized spacial score (nSPS) is 10.2. The lowest BCUT2D eigenvalue weighted by Gasteiger charge is -2.21. The molecule has 2 amide bonds. The van der Waals surface area contributed by atoms with Crippen LogP contribution >= 0.6 is 0 Å². The summed E-state index contributed by atoms with van der Waals surface area (Å²) in [6, 6.07) is 12.5. The predicted octanol–water partition coefficient (Wildman–Crippen LogP) is 3.41. The van der Waals surface area contributed by atoms with Crippen LogP contribution in [0.4, 0.5) is 15.8 Å². The largest absolute Gasteiger partial charge is 0.326 e. The van der Waals surface area contributed by atoms with E-state index in [1.165, 1.54) is 36.9 Å². The van der Waals surface area contributed by atoms with Crippen molar-refractivity contribution in [1.82, 2.24) is 0 Å². The van der Waals surface area contributed by atoms with Gasteiger partial charge in [0.2, 0.25) is 11.8 Å². The maximum Gasteiger partial charge on any atom is 0.226 e. The molecule has 0 bridgehead atoms. The number of ketones is 1. The summed E-state index contributed by atoms with van der Waals surface area (Å²) in [4.78, 5) is 36.5. The molecule has 0 radical (unpaired) electrons. The molecule has 0 aliphatic carbocycles. The van der Waals surface area contributed by atoms with Crippen LogP contribution in [0, 0.1) is 5.82 Å². The Kier molecular flexibility index (Phi) is 6.00. The molecule has 0 unspecified atom stereocenters. The number of anilines is 2. The van der Waals surface area contributed by atoms with E-state index >= 15 is 0 Å². The van der Waals surface area contributed by atoms with Crippen molar-refractivity contribution in [2.75, 3.05) is 16.8 Å². The summed E-state index contributed by atoms with van der Waals surface area (Å²) >= 11 is 0. The Hall–Kier alpha value is -3.02. The molecule has 25 heavy (non-hydrogen) atoms. The molecule has 0 aromatic heterocycles. The number of Topliss-reactive ketones (excluding diaryl/α,β-unsaturated/α-hetero) is 1. The van der Waals surface area contributed by atoms with Gasteiger partial charge in [-0.05, 0) is 31.2 Å². The summed E-state index contributed by atoms with van der Waals surface area (Å²) in [7, 11) is 0. The third-order valence-corrected chi connectivity index (χ3v) is 3.64. The van der Waals surface area contributed by atoms with Gasteiger partial charge in [-0.15, -0.1) is 0 Å². The summed E-state index contributed by atoms with van der Waals surface area (Å²) in [5.74, 6) is -1.30. The number of nitrogens with one attached hydrogen (secondary N) is 1. The van der Waals surface area contributed by atoms with Gasteiger partial charge in [-0.1, -0.05) is 24.3 Å². The average Bonchev–Trinajstić information content (AvgIpc) is 2.56. The van der Waals surface area contributed by atoms with Crippen molar-refractivity contribution >= 4 is 29.0 Å². The van der Waals surface area contributed by atoms with E-state index in [-0.39, 0.29) is 36.3 Å². The van der Waals surface area contributed by atoms with Crippen molar-refractivity contribution in [1.29, 1.82) is 0 Å². The molecule has 130 valence electrons. The number of nitrogens with zero attached hydrogens (tertiary/aromatic N) is 1. The second-order valence-electron chi connectivity index (χ2n) is 5.56. The van der Waals surface area contributed by atoms with Crippen LogP contribution < -0.4 is 10.2 Å². The lowest BCUT2D eigenvalue weighted by Crippen LogP contribution is -2.32. The number of para-hydroxylation sites is 1. The summed E-state index contributed by atoms with van der Waals surface area (Å²) in [5.41, 5.74) is 1.13. The second kappa shape index (κ2) is 8.19. The minimum Gasteiger partial charge on any atom is -0.326 e. The zero-order valence-corrected chi connectivity index (χ0v) is 14.1.